The Bertz CT molecular complexity index is 987. The number of aryl methyl sites for hydroxylation is 2. The number of rotatable bonds is 8. The molecule has 1 aliphatic heterocycles. The number of hydrogen-bond donors (Lipinski definition) is 2. The van der Waals surface area contributed by atoms with Gasteiger partial charge in [0.1, 0.15) is 5.76 Å². The lowest BCUT2D eigenvalue weighted by molar-refractivity contribution is 0.114. The van der Waals surface area contributed by atoms with Gasteiger partial charge in [-0.3, -0.25) is 0 Å². The molecule has 2 aromatic heterocycles. The lowest BCUT2D eigenvalue weighted by atomic mass is 10.2. The van der Waals surface area contributed by atoms with Gasteiger partial charge in [0.2, 0.25) is 0 Å². The first-order valence-electron chi connectivity index (χ1n) is 11.0. The molecule has 1 saturated heterocycles. The second kappa shape index (κ2) is 10.3. The van der Waals surface area contributed by atoms with E-state index in [1.165, 1.54) is 0 Å². The van der Waals surface area contributed by atoms with Crippen molar-refractivity contribution in [1.82, 2.24) is 20.4 Å². The van der Waals surface area contributed by atoms with Gasteiger partial charge >= 0.3 is 0 Å². The van der Waals surface area contributed by atoms with Gasteiger partial charge in [0.05, 0.1) is 30.3 Å². The summed E-state index contributed by atoms with van der Waals surface area (Å²) >= 11 is 0. The molecule has 164 valence electrons. The van der Waals surface area contributed by atoms with E-state index < -0.39 is 0 Å². The van der Waals surface area contributed by atoms with E-state index in [2.05, 4.69) is 40.9 Å². The number of para-hydroxylation sites is 1. The summed E-state index contributed by atoms with van der Waals surface area (Å²) in [5, 5.41) is 11.5. The van der Waals surface area contributed by atoms with Crippen LogP contribution in [0.1, 0.15) is 35.6 Å². The average Bonchev–Trinajstić information content (AvgIpc) is 3.53. The van der Waals surface area contributed by atoms with Crippen LogP contribution in [0, 0.1) is 13.8 Å². The van der Waals surface area contributed by atoms with Crippen molar-refractivity contribution in [2.45, 2.75) is 45.8 Å². The molecular formula is C24H31N5O2. The van der Waals surface area contributed by atoms with Crippen LogP contribution in [0.25, 0.3) is 5.69 Å². The summed E-state index contributed by atoms with van der Waals surface area (Å²) in [5.41, 5.74) is 4.31. The van der Waals surface area contributed by atoms with Crippen molar-refractivity contribution in [2.75, 3.05) is 19.7 Å². The number of benzene rings is 1. The van der Waals surface area contributed by atoms with Gasteiger partial charge in [-0.2, -0.15) is 5.10 Å². The Morgan fingerprint density at radius 1 is 1.19 bits per heavy atom. The van der Waals surface area contributed by atoms with Crippen molar-refractivity contribution < 1.29 is 9.15 Å². The molecule has 1 unspecified atom stereocenters. The Morgan fingerprint density at radius 2 is 2.10 bits per heavy atom. The molecule has 7 heteroatoms. The summed E-state index contributed by atoms with van der Waals surface area (Å²) in [6.07, 6.45) is 4.97. The fourth-order valence-electron chi connectivity index (χ4n) is 3.84. The van der Waals surface area contributed by atoms with Crippen molar-refractivity contribution in [1.29, 1.82) is 0 Å². The van der Waals surface area contributed by atoms with Crippen LogP contribution in [0.15, 0.2) is 58.1 Å². The summed E-state index contributed by atoms with van der Waals surface area (Å²) in [5.74, 6) is 1.74. The van der Waals surface area contributed by atoms with Gasteiger partial charge in [-0.25, -0.2) is 9.67 Å². The number of furan rings is 1. The lowest BCUT2D eigenvalue weighted by Gasteiger charge is -2.16. The zero-order valence-corrected chi connectivity index (χ0v) is 18.3. The number of aliphatic imine (C=N–C) groups is 1. The third-order valence-corrected chi connectivity index (χ3v) is 5.40. The van der Waals surface area contributed by atoms with Crippen LogP contribution in [0.2, 0.25) is 0 Å². The molecule has 0 radical (unpaired) electrons. The molecule has 7 nitrogen and oxygen atoms in total. The number of guanidine groups is 1. The predicted octanol–water partition coefficient (Wildman–Crippen LogP) is 3.54. The maximum Gasteiger partial charge on any atom is 0.191 e. The van der Waals surface area contributed by atoms with Crippen LogP contribution in [0.4, 0.5) is 0 Å². The predicted molar refractivity (Wildman–Crippen MR) is 122 cm³/mol. The standard InChI is InChI=1S/C24H31N5O2/c1-18-15-19(2)29(28-18)23-10-4-3-7-20(23)16-26-24(27-17-22-9-6-14-31-22)25-12-11-21-8-5-13-30-21/h3-5,7-8,10,13,15,22H,6,9,11-12,14,16-17H2,1-2H3,(H2,25,26,27). The fraction of sp³-hybridized carbons (Fsp3) is 0.417. The van der Waals surface area contributed by atoms with Crippen LogP contribution < -0.4 is 10.6 Å². The third kappa shape index (κ3) is 5.76. The number of nitrogens with one attached hydrogen (secondary N) is 2. The molecule has 0 bridgehead atoms. The zero-order chi connectivity index (χ0) is 21.5. The molecule has 1 aliphatic rings. The first-order chi connectivity index (χ1) is 15.2. The highest BCUT2D eigenvalue weighted by Crippen LogP contribution is 2.18. The van der Waals surface area contributed by atoms with E-state index in [0.29, 0.717) is 6.54 Å². The van der Waals surface area contributed by atoms with Gasteiger partial charge in [-0.05, 0) is 56.5 Å². The van der Waals surface area contributed by atoms with E-state index >= 15 is 0 Å². The van der Waals surface area contributed by atoms with Crippen LogP contribution in [0.3, 0.4) is 0 Å². The highest BCUT2D eigenvalue weighted by Gasteiger charge is 2.16. The lowest BCUT2D eigenvalue weighted by Crippen LogP contribution is -2.41. The minimum Gasteiger partial charge on any atom is -0.469 e. The minimum atomic E-state index is 0.249. The van der Waals surface area contributed by atoms with Crippen molar-refractivity contribution >= 4 is 5.96 Å². The summed E-state index contributed by atoms with van der Waals surface area (Å²) in [4.78, 5) is 4.86. The molecule has 0 spiro atoms. The number of hydrogen-bond acceptors (Lipinski definition) is 4. The Hall–Kier alpha value is -3.06. The van der Waals surface area contributed by atoms with Gasteiger partial charge in [0.15, 0.2) is 5.96 Å². The van der Waals surface area contributed by atoms with Gasteiger partial charge < -0.3 is 19.8 Å². The Morgan fingerprint density at radius 3 is 2.84 bits per heavy atom. The smallest absolute Gasteiger partial charge is 0.191 e. The molecule has 1 aromatic carbocycles. The van der Waals surface area contributed by atoms with Crippen molar-refractivity contribution in [3.05, 3.63) is 71.4 Å². The van der Waals surface area contributed by atoms with Gasteiger partial charge in [0, 0.05) is 31.8 Å². The molecule has 1 fully saturated rings. The van der Waals surface area contributed by atoms with Crippen LogP contribution in [0.5, 0.6) is 0 Å². The van der Waals surface area contributed by atoms with E-state index in [-0.39, 0.29) is 6.10 Å². The van der Waals surface area contributed by atoms with E-state index in [1.807, 2.05) is 35.9 Å². The normalized spacial score (nSPS) is 16.6. The largest absolute Gasteiger partial charge is 0.469 e. The molecule has 0 amide bonds. The molecular weight excluding hydrogens is 390 g/mol. The summed E-state index contributed by atoms with van der Waals surface area (Å²) in [6.45, 7) is 6.98. The summed E-state index contributed by atoms with van der Waals surface area (Å²) in [7, 11) is 0. The summed E-state index contributed by atoms with van der Waals surface area (Å²) < 4.78 is 13.2. The topological polar surface area (TPSA) is 76.6 Å². The quantitative estimate of drug-likeness (QED) is 0.430. The summed E-state index contributed by atoms with van der Waals surface area (Å²) in [6, 6.07) is 14.3. The number of nitrogens with zero attached hydrogens (tertiary/aromatic N) is 3. The Balaban J connectivity index is 1.46. The second-order valence-electron chi connectivity index (χ2n) is 7.90. The van der Waals surface area contributed by atoms with Crippen LogP contribution in [-0.2, 0) is 17.7 Å². The average molecular weight is 422 g/mol. The highest BCUT2D eigenvalue weighted by atomic mass is 16.5. The third-order valence-electron chi connectivity index (χ3n) is 5.40. The van der Waals surface area contributed by atoms with E-state index in [9.17, 15) is 0 Å². The highest BCUT2D eigenvalue weighted by molar-refractivity contribution is 5.79. The van der Waals surface area contributed by atoms with Gasteiger partial charge in [0.25, 0.3) is 0 Å². The van der Waals surface area contributed by atoms with E-state index in [0.717, 1.165) is 73.3 Å². The second-order valence-corrected chi connectivity index (χ2v) is 7.90. The molecule has 3 heterocycles. The molecule has 3 aromatic rings. The molecule has 1 atom stereocenters. The van der Waals surface area contributed by atoms with Crippen molar-refractivity contribution in [2.24, 2.45) is 4.99 Å². The molecule has 2 N–H and O–H groups in total. The molecule has 0 aliphatic carbocycles. The zero-order valence-electron chi connectivity index (χ0n) is 18.3. The van der Waals surface area contributed by atoms with E-state index in [1.54, 1.807) is 6.26 Å². The van der Waals surface area contributed by atoms with Crippen molar-refractivity contribution in [3.63, 3.8) is 0 Å². The van der Waals surface area contributed by atoms with Crippen LogP contribution >= 0.6 is 0 Å². The van der Waals surface area contributed by atoms with Crippen molar-refractivity contribution in [3.8, 4) is 5.69 Å². The minimum absolute atomic E-state index is 0.249. The first-order valence-corrected chi connectivity index (χ1v) is 11.0. The number of ether oxygens (including phenoxy) is 1. The first kappa shape index (κ1) is 21.2. The monoisotopic (exact) mass is 421 g/mol. The molecule has 4 rings (SSSR count). The maximum atomic E-state index is 5.75. The Kier molecular flexibility index (Phi) is 7.04. The molecule has 0 saturated carbocycles. The fourth-order valence-corrected chi connectivity index (χ4v) is 3.84. The van der Waals surface area contributed by atoms with E-state index in [4.69, 9.17) is 14.1 Å². The molecule has 31 heavy (non-hydrogen) atoms. The maximum absolute atomic E-state index is 5.75. The number of aromatic nitrogens is 2. The van der Waals surface area contributed by atoms with Gasteiger partial charge in [-0.1, -0.05) is 18.2 Å². The Labute approximate surface area is 183 Å². The SMILES string of the molecule is Cc1cc(C)n(-c2ccccc2CN=C(NCCc2ccco2)NCC2CCCO2)n1. The van der Waals surface area contributed by atoms with Crippen LogP contribution in [-0.4, -0.2) is 41.5 Å². The van der Waals surface area contributed by atoms with Gasteiger partial charge in [-0.15, -0.1) is 0 Å².